The van der Waals surface area contributed by atoms with E-state index in [2.05, 4.69) is 0 Å². The minimum absolute atomic E-state index is 0.963. The predicted octanol–water partition coefficient (Wildman–Crippen LogP) is 2.11. The Labute approximate surface area is 45.0 Å². The molecule has 0 aliphatic carbocycles. The molecular weight excluding hydrogens is 88.1 g/mol. The molecule has 0 aliphatic heterocycles. The lowest BCUT2D eigenvalue weighted by Gasteiger charge is -1.90. The molecule has 0 heterocycles. The van der Waals surface area contributed by atoms with Crippen molar-refractivity contribution in [1.29, 1.82) is 0 Å². The van der Waals surface area contributed by atoms with Gasteiger partial charge in [-0.2, -0.15) is 0 Å². The van der Waals surface area contributed by atoms with Crippen LogP contribution in [0.1, 0.15) is 20.3 Å². The summed E-state index contributed by atoms with van der Waals surface area (Å²) in [6, 6.07) is 0. The van der Waals surface area contributed by atoms with Gasteiger partial charge in [-0.15, -0.1) is 0 Å². The van der Waals surface area contributed by atoms with Crippen LogP contribution in [0, 0.1) is 6.61 Å². The van der Waals surface area contributed by atoms with E-state index < -0.39 is 0 Å². The smallest absolute Gasteiger partial charge is 0.134 e. The van der Waals surface area contributed by atoms with Crippen LogP contribution in [-0.2, 0) is 4.74 Å². The predicted molar refractivity (Wildman–Crippen MR) is 30.5 cm³/mol. The Bertz CT molecular complexity index is 48.1. The van der Waals surface area contributed by atoms with Crippen molar-refractivity contribution in [3.63, 3.8) is 0 Å². The van der Waals surface area contributed by atoms with Gasteiger partial charge in [-0.25, -0.2) is 0 Å². The van der Waals surface area contributed by atoms with Gasteiger partial charge in [0.25, 0.3) is 0 Å². The van der Waals surface area contributed by atoms with Crippen LogP contribution >= 0.6 is 0 Å². The number of rotatable bonds is 3. The van der Waals surface area contributed by atoms with E-state index in [1.54, 1.807) is 12.9 Å². The van der Waals surface area contributed by atoms with E-state index in [0.717, 1.165) is 6.42 Å². The highest BCUT2D eigenvalue weighted by Crippen LogP contribution is 1.86. The summed E-state index contributed by atoms with van der Waals surface area (Å²) in [6.45, 7) is 5.70. The van der Waals surface area contributed by atoms with E-state index in [4.69, 9.17) is 4.74 Å². The number of allylic oxidation sites excluding steroid dienone is 1. The molecule has 0 aliphatic rings. The van der Waals surface area contributed by atoms with Gasteiger partial charge >= 0.3 is 0 Å². The Morgan fingerprint density at radius 2 is 2.29 bits per heavy atom. The maximum absolute atomic E-state index is 4.83. The molecule has 0 spiro atoms. The van der Waals surface area contributed by atoms with Gasteiger partial charge < -0.3 is 4.74 Å². The highest BCUT2D eigenvalue weighted by atomic mass is 16.5. The molecule has 0 N–H and O–H groups in total. The summed E-state index contributed by atoms with van der Waals surface area (Å²) < 4.78 is 4.83. The first-order valence-electron chi connectivity index (χ1n) is 2.50. The quantitative estimate of drug-likeness (QED) is 0.389. The third-order valence-electron chi connectivity index (χ3n) is 0.478. The summed E-state index contributed by atoms with van der Waals surface area (Å²) in [5.74, 6) is 0. The van der Waals surface area contributed by atoms with E-state index in [9.17, 15) is 0 Å². The van der Waals surface area contributed by atoms with Crippen molar-refractivity contribution in [1.82, 2.24) is 0 Å². The van der Waals surface area contributed by atoms with Crippen LogP contribution < -0.4 is 0 Å². The molecule has 0 aromatic heterocycles. The summed E-state index contributed by atoms with van der Waals surface area (Å²) in [7, 11) is 0. The highest BCUT2D eigenvalue weighted by molar-refractivity contribution is 4.67. The van der Waals surface area contributed by atoms with Crippen molar-refractivity contribution in [2.24, 2.45) is 0 Å². The van der Waals surface area contributed by atoms with Gasteiger partial charge in [-0.3, -0.25) is 0 Å². The van der Waals surface area contributed by atoms with Crippen LogP contribution in [0.5, 0.6) is 0 Å². The Hall–Kier alpha value is -0.460. The fourth-order valence-corrected chi connectivity index (χ4v) is 0.230. The Balaban J connectivity index is 2.69. The van der Waals surface area contributed by atoms with Gasteiger partial charge in [-0.05, 0) is 13.3 Å². The first-order chi connectivity index (χ1) is 3.41. The van der Waals surface area contributed by atoms with E-state index in [1.165, 1.54) is 0 Å². The molecule has 0 fully saturated rings. The van der Waals surface area contributed by atoms with Crippen LogP contribution in [0.3, 0.4) is 0 Å². The topological polar surface area (TPSA) is 9.23 Å². The Morgan fingerprint density at radius 1 is 1.57 bits per heavy atom. The standard InChI is InChI=1S/C6H11O/c1-3-5-7-6-4-2/h3,5-6H,4H2,1-2H3/b5-3-. The van der Waals surface area contributed by atoms with Gasteiger partial charge in [0, 0.05) is 0 Å². The van der Waals surface area contributed by atoms with E-state index in [1.807, 2.05) is 19.9 Å². The summed E-state index contributed by atoms with van der Waals surface area (Å²) in [4.78, 5) is 0. The van der Waals surface area contributed by atoms with Crippen LogP contribution in [-0.4, -0.2) is 0 Å². The van der Waals surface area contributed by atoms with E-state index in [-0.39, 0.29) is 0 Å². The van der Waals surface area contributed by atoms with Gasteiger partial charge in [0.15, 0.2) is 0 Å². The first-order valence-corrected chi connectivity index (χ1v) is 2.50. The highest BCUT2D eigenvalue weighted by Gasteiger charge is 1.72. The SMILES string of the molecule is C/C=C\O[CH]CC. The van der Waals surface area contributed by atoms with Crippen molar-refractivity contribution in [3.05, 3.63) is 18.9 Å². The molecule has 0 saturated heterocycles. The van der Waals surface area contributed by atoms with Gasteiger partial charge in [0.2, 0.25) is 0 Å². The second kappa shape index (κ2) is 5.54. The normalized spacial score (nSPS) is 10.0. The largest absolute Gasteiger partial charge is 0.495 e. The molecule has 1 heteroatoms. The molecule has 0 unspecified atom stereocenters. The fourth-order valence-electron chi connectivity index (χ4n) is 0.230. The molecule has 41 valence electrons. The lowest BCUT2D eigenvalue weighted by Crippen LogP contribution is -1.71. The lowest BCUT2D eigenvalue weighted by molar-refractivity contribution is 0.325. The molecule has 0 amide bonds. The third kappa shape index (κ3) is 5.54. The Kier molecular flexibility index (Phi) is 5.18. The summed E-state index contributed by atoms with van der Waals surface area (Å²) in [5, 5.41) is 0. The fraction of sp³-hybridized carbons (Fsp3) is 0.500. The van der Waals surface area contributed by atoms with Crippen molar-refractivity contribution < 1.29 is 4.74 Å². The summed E-state index contributed by atoms with van der Waals surface area (Å²) in [5.41, 5.74) is 0. The van der Waals surface area contributed by atoms with E-state index in [0.29, 0.717) is 0 Å². The molecule has 0 aromatic carbocycles. The zero-order chi connectivity index (χ0) is 5.54. The third-order valence-corrected chi connectivity index (χ3v) is 0.478. The van der Waals surface area contributed by atoms with Crippen molar-refractivity contribution >= 4 is 0 Å². The average Bonchev–Trinajstić information content (AvgIpc) is 1.69. The van der Waals surface area contributed by atoms with Crippen LogP contribution in [0.4, 0.5) is 0 Å². The molecule has 0 saturated carbocycles. The molecule has 1 radical (unpaired) electrons. The molecule has 0 bridgehead atoms. The van der Waals surface area contributed by atoms with Crippen molar-refractivity contribution in [2.75, 3.05) is 0 Å². The number of hydrogen-bond donors (Lipinski definition) is 0. The van der Waals surface area contributed by atoms with Crippen LogP contribution in [0.15, 0.2) is 12.3 Å². The van der Waals surface area contributed by atoms with Crippen LogP contribution in [0.25, 0.3) is 0 Å². The zero-order valence-corrected chi connectivity index (χ0v) is 4.85. The van der Waals surface area contributed by atoms with Gasteiger partial charge in [0.05, 0.1) is 6.26 Å². The lowest BCUT2D eigenvalue weighted by atomic mass is 10.5. The summed E-state index contributed by atoms with van der Waals surface area (Å²) in [6.07, 6.45) is 4.47. The maximum Gasteiger partial charge on any atom is 0.134 e. The number of hydrogen-bond acceptors (Lipinski definition) is 1. The minimum Gasteiger partial charge on any atom is -0.495 e. The molecule has 0 rings (SSSR count). The first kappa shape index (κ1) is 6.54. The molecular formula is C6H11O. The minimum atomic E-state index is 0.963. The van der Waals surface area contributed by atoms with Gasteiger partial charge in [-0.1, -0.05) is 13.0 Å². The molecule has 1 nitrogen and oxygen atoms in total. The van der Waals surface area contributed by atoms with E-state index >= 15 is 0 Å². The Morgan fingerprint density at radius 3 is 2.71 bits per heavy atom. The van der Waals surface area contributed by atoms with Crippen molar-refractivity contribution in [2.45, 2.75) is 20.3 Å². The monoisotopic (exact) mass is 99.1 g/mol. The van der Waals surface area contributed by atoms with Crippen molar-refractivity contribution in [3.8, 4) is 0 Å². The zero-order valence-electron chi connectivity index (χ0n) is 4.85. The molecule has 7 heavy (non-hydrogen) atoms. The maximum atomic E-state index is 4.83. The average molecular weight is 99.2 g/mol. The second-order valence-electron chi connectivity index (χ2n) is 1.18. The summed E-state index contributed by atoms with van der Waals surface area (Å²) >= 11 is 0. The number of ether oxygens (including phenoxy) is 1. The molecule has 0 aromatic rings. The molecule has 0 atom stereocenters. The second-order valence-corrected chi connectivity index (χ2v) is 1.18. The van der Waals surface area contributed by atoms with Crippen LogP contribution in [0.2, 0.25) is 0 Å². The van der Waals surface area contributed by atoms with Gasteiger partial charge in [0.1, 0.15) is 6.61 Å².